The molecular formula is C28H42N4O3. The van der Waals surface area contributed by atoms with Crippen LogP contribution >= 0.6 is 0 Å². The van der Waals surface area contributed by atoms with Crippen LogP contribution in [0.1, 0.15) is 69.3 Å². The molecule has 2 atom stereocenters. The fourth-order valence-electron chi connectivity index (χ4n) is 5.62. The molecular weight excluding hydrogens is 440 g/mol. The molecule has 0 unspecified atom stereocenters. The van der Waals surface area contributed by atoms with Crippen molar-refractivity contribution in [3.63, 3.8) is 0 Å². The first-order valence-corrected chi connectivity index (χ1v) is 13.4. The van der Waals surface area contributed by atoms with Gasteiger partial charge in [-0.2, -0.15) is 0 Å². The Morgan fingerprint density at radius 2 is 1.77 bits per heavy atom. The lowest BCUT2D eigenvalue weighted by Crippen LogP contribution is -2.43. The Morgan fingerprint density at radius 3 is 2.46 bits per heavy atom. The molecule has 2 aliphatic rings. The van der Waals surface area contributed by atoms with Crippen molar-refractivity contribution >= 4 is 22.7 Å². The standard InChI is InChI=1S/C28H42N4O3/c1-20(31-14-6-4-5-7-15-31)10-13-29-27(33)21(2)22-11-16-32(17-12-22)28(34)26-18-23-8-9-24(35-3)19-25(23)30-26/h8-9,18-22,30H,4-7,10-17H2,1-3H3,(H,29,33)/t20-,21+/m0/s1. The average Bonchev–Trinajstić information content (AvgIpc) is 3.11. The highest BCUT2D eigenvalue weighted by atomic mass is 16.5. The van der Waals surface area contributed by atoms with Gasteiger partial charge in [-0.05, 0) is 76.2 Å². The molecule has 2 saturated heterocycles. The van der Waals surface area contributed by atoms with E-state index in [1.165, 1.54) is 38.8 Å². The van der Waals surface area contributed by atoms with Crippen molar-refractivity contribution in [3.05, 3.63) is 30.0 Å². The number of piperidine rings is 1. The molecule has 1 aromatic carbocycles. The van der Waals surface area contributed by atoms with Crippen LogP contribution in [0.15, 0.2) is 24.3 Å². The van der Waals surface area contributed by atoms with Crippen LogP contribution in [0.2, 0.25) is 0 Å². The maximum atomic E-state index is 13.1. The number of carbonyl (C=O) groups excluding carboxylic acids is 2. The molecule has 0 aliphatic carbocycles. The van der Waals surface area contributed by atoms with Crippen LogP contribution in [0, 0.1) is 11.8 Å². The average molecular weight is 483 g/mol. The van der Waals surface area contributed by atoms with Crippen LogP contribution in [0.3, 0.4) is 0 Å². The van der Waals surface area contributed by atoms with E-state index in [0.29, 0.717) is 30.7 Å². The summed E-state index contributed by atoms with van der Waals surface area (Å²) >= 11 is 0. The molecule has 192 valence electrons. The fourth-order valence-corrected chi connectivity index (χ4v) is 5.62. The minimum Gasteiger partial charge on any atom is -0.497 e. The topological polar surface area (TPSA) is 77.7 Å². The normalized spacial score (nSPS) is 19.8. The predicted molar refractivity (Wildman–Crippen MR) is 140 cm³/mol. The number of hydrogen-bond acceptors (Lipinski definition) is 4. The molecule has 35 heavy (non-hydrogen) atoms. The molecule has 2 N–H and O–H groups in total. The molecule has 0 bridgehead atoms. The van der Waals surface area contributed by atoms with E-state index in [1.807, 2.05) is 36.1 Å². The zero-order valence-corrected chi connectivity index (χ0v) is 21.6. The van der Waals surface area contributed by atoms with Gasteiger partial charge in [0.05, 0.1) is 7.11 Å². The van der Waals surface area contributed by atoms with Gasteiger partial charge in [-0.15, -0.1) is 0 Å². The zero-order valence-electron chi connectivity index (χ0n) is 21.6. The quantitative estimate of drug-likeness (QED) is 0.583. The second-order valence-electron chi connectivity index (χ2n) is 10.4. The maximum absolute atomic E-state index is 13.1. The van der Waals surface area contributed by atoms with E-state index >= 15 is 0 Å². The summed E-state index contributed by atoms with van der Waals surface area (Å²) in [5.74, 6) is 1.24. The van der Waals surface area contributed by atoms with Crippen molar-refractivity contribution < 1.29 is 14.3 Å². The number of carbonyl (C=O) groups is 2. The number of fused-ring (bicyclic) bond motifs is 1. The molecule has 2 fully saturated rings. The zero-order chi connectivity index (χ0) is 24.8. The van der Waals surface area contributed by atoms with Crippen molar-refractivity contribution in [1.29, 1.82) is 0 Å². The Kier molecular flexibility index (Phi) is 8.71. The summed E-state index contributed by atoms with van der Waals surface area (Å²) in [6, 6.07) is 8.20. The van der Waals surface area contributed by atoms with Gasteiger partial charge in [-0.25, -0.2) is 0 Å². The molecule has 0 spiro atoms. The Balaban J connectivity index is 1.22. The number of nitrogens with zero attached hydrogens (tertiary/aromatic N) is 2. The molecule has 3 heterocycles. The van der Waals surface area contributed by atoms with Crippen molar-refractivity contribution in [2.75, 3.05) is 39.8 Å². The molecule has 2 aromatic rings. The van der Waals surface area contributed by atoms with Crippen LogP contribution < -0.4 is 10.1 Å². The van der Waals surface area contributed by atoms with E-state index in [2.05, 4.69) is 22.1 Å². The third-order valence-corrected chi connectivity index (χ3v) is 8.13. The van der Waals surface area contributed by atoms with Crippen molar-refractivity contribution in [1.82, 2.24) is 20.1 Å². The van der Waals surface area contributed by atoms with Gasteiger partial charge in [0.25, 0.3) is 5.91 Å². The van der Waals surface area contributed by atoms with Gasteiger partial charge in [0.1, 0.15) is 11.4 Å². The number of benzene rings is 1. The van der Waals surface area contributed by atoms with E-state index < -0.39 is 0 Å². The minimum absolute atomic E-state index is 0.0261. The van der Waals surface area contributed by atoms with Gasteiger partial charge < -0.3 is 24.8 Å². The number of ether oxygens (including phenoxy) is 1. The molecule has 0 saturated carbocycles. The van der Waals surface area contributed by atoms with Crippen LogP contribution in [-0.2, 0) is 4.79 Å². The molecule has 1 aromatic heterocycles. The van der Waals surface area contributed by atoms with E-state index in [-0.39, 0.29) is 17.7 Å². The highest BCUT2D eigenvalue weighted by Crippen LogP contribution is 2.27. The fraction of sp³-hybridized carbons (Fsp3) is 0.643. The van der Waals surface area contributed by atoms with Crippen molar-refractivity contribution in [2.24, 2.45) is 11.8 Å². The number of rotatable bonds is 8. The maximum Gasteiger partial charge on any atom is 0.270 e. The number of aromatic nitrogens is 1. The minimum atomic E-state index is -0.0266. The lowest BCUT2D eigenvalue weighted by atomic mass is 9.84. The molecule has 2 amide bonds. The Bertz CT molecular complexity index is 987. The smallest absolute Gasteiger partial charge is 0.270 e. The summed E-state index contributed by atoms with van der Waals surface area (Å²) in [7, 11) is 1.64. The molecule has 4 rings (SSSR count). The third-order valence-electron chi connectivity index (χ3n) is 8.13. The van der Waals surface area contributed by atoms with E-state index in [4.69, 9.17) is 4.74 Å². The number of hydrogen-bond donors (Lipinski definition) is 2. The summed E-state index contributed by atoms with van der Waals surface area (Å²) in [6.45, 7) is 8.82. The number of methoxy groups -OCH3 is 1. The first-order valence-electron chi connectivity index (χ1n) is 13.4. The van der Waals surface area contributed by atoms with E-state index in [0.717, 1.165) is 42.5 Å². The van der Waals surface area contributed by atoms with Crippen LogP contribution in [0.4, 0.5) is 0 Å². The SMILES string of the molecule is COc1ccc2cc(C(=O)N3CCC([C@@H](C)C(=O)NCC[C@H](C)N4CCCCCC4)CC3)[nH]c2c1. The second-order valence-corrected chi connectivity index (χ2v) is 10.4. The van der Waals surface area contributed by atoms with E-state index in [9.17, 15) is 9.59 Å². The summed E-state index contributed by atoms with van der Waals surface area (Å²) in [4.78, 5) is 33.6. The Hall–Kier alpha value is -2.54. The van der Waals surface area contributed by atoms with Crippen LogP contribution in [-0.4, -0.2) is 72.5 Å². The van der Waals surface area contributed by atoms with Crippen molar-refractivity contribution in [3.8, 4) is 5.75 Å². The van der Waals surface area contributed by atoms with Gasteiger partial charge in [0, 0.05) is 48.6 Å². The predicted octanol–water partition coefficient (Wildman–Crippen LogP) is 4.44. The highest BCUT2D eigenvalue weighted by Gasteiger charge is 2.30. The van der Waals surface area contributed by atoms with Gasteiger partial charge in [0.2, 0.25) is 5.91 Å². The second kappa shape index (κ2) is 11.9. The van der Waals surface area contributed by atoms with Crippen molar-refractivity contribution in [2.45, 2.75) is 64.8 Å². The van der Waals surface area contributed by atoms with Gasteiger partial charge in [0.15, 0.2) is 0 Å². The summed E-state index contributed by atoms with van der Waals surface area (Å²) < 4.78 is 5.28. The molecule has 7 nitrogen and oxygen atoms in total. The number of H-pyrrole nitrogens is 1. The number of likely N-dealkylation sites (tertiary alicyclic amines) is 2. The molecule has 2 aliphatic heterocycles. The number of nitrogens with one attached hydrogen (secondary N) is 2. The van der Waals surface area contributed by atoms with E-state index in [1.54, 1.807) is 7.11 Å². The first kappa shape index (κ1) is 25.5. The number of amides is 2. The van der Waals surface area contributed by atoms with Crippen LogP contribution in [0.5, 0.6) is 5.75 Å². The van der Waals surface area contributed by atoms with Gasteiger partial charge in [-0.1, -0.05) is 19.8 Å². The molecule has 7 heteroatoms. The van der Waals surface area contributed by atoms with Crippen LogP contribution in [0.25, 0.3) is 10.9 Å². The third kappa shape index (κ3) is 6.37. The first-order chi connectivity index (χ1) is 17.0. The molecule has 0 radical (unpaired) electrons. The van der Waals surface area contributed by atoms with Gasteiger partial charge in [-0.3, -0.25) is 9.59 Å². The highest BCUT2D eigenvalue weighted by molar-refractivity contribution is 5.98. The summed E-state index contributed by atoms with van der Waals surface area (Å²) in [5, 5.41) is 4.19. The summed E-state index contributed by atoms with van der Waals surface area (Å²) in [5.41, 5.74) is 1.51. The number of aromatic amines is 1. The monoisotopic (exact) mass is 482 g/mol. The Labute approximate surface area is 209 Å². The largest absolute Gasteiger partial charge is 0.497 e. The lowest BCUT2D eigenvalue weighted by molar-refractivity contribution is -0.126. The Morgan fingerprint density at radius 1 is 1.06 bits per heavy atom. The summed E-state index contributed by atoms with van der Waals surface area (Å²) in [6.07, 6.45) is 8.00. The van der Waals surface area contributed by atoms with Gasteiger partial charge >= 0.3 is 0 Å². The lowest BCUT2D eigenvalue weighted by Gasteiger charge is -2.34.